The first-order valence-corrected chi connectivity index (χ1v) is 5.80. The highest BCUT2D eigenvalue weighted by molar-refractivity contribution is 5.84. The minimum Gasteiger partial charge on any atom is -0.481 e. The maximum absolute atomic E-state index is 11.8. The Morgan fingerprint density at radius 3 is 2.44 bits per heavy atom. The SMILES string of the molecule is O=C(NC[C@@H]1CO1)[C@H]1CCCC[C@H]1C(=O)O. The van der Waals surface area contributed by atoms with Crippen LogP contribution in [0.25, 0.3) is 0 Å². The van der Waals surface area contributed by atoms with Gasteiger partial charge in [-0.1, -0.05) is 12.8 Å². The Bertz CT molecular complexity index is 288. The molecule has 0 spiro atoms. The molecule has 1 saturated carbocycles. The van der Waals surface area contributed by atoms with E-state index in [9.17, 15) is 9.59 Å². The van der Waals surface area contributed by atoms with Gasteiger partial charge in [0.15, 0.2) is 0 Å². The van der Waals surface area contributed by atoms with Crippen LogP contribution in [0, 0.1) is 11.8 Å². The zero-order valence-electron chi connectivity index (χ0n) is 9.15. The first kappa shape index (κ1) is 11.4. The van der Waals surface area contributed by atoms with Crippen molar-refractivity contribution in [2.45, 2.75) is 31.8 Å². The molecule has 1 saturated heterocycles. The monoisotopic (exact) mass is 227 g/mol. The van der Waals surface area contributed by atoms with Crippen LogP contribution in [0.15, 0.2) is 0 Å². The Labute approximate surface area is 94.2 Å². The van der Waals surface area contributed by atoms with E-state index in [-0.39, 0.29) is 17.9 Å². The number of hydrogen-bond acceptors (Lipinski definition) is 3. The molecule has 0 aromatic carbocycles. The van der Waals surface area contributed by atoms with Gasteiger partial charge < -0.3 is 15.2 Å². The highest BCUT2D eigenvalue weighted by Crippen LogP contribution is 2.30. The summed E-state index contributed by atoms with van der Waals surface area (Å²) in [6.45, 7) is 1.22. The predicted octanol–water partition coefficient (Wildman–Crippen LogP) is 0.392. The number of aliphatic carboxylic acids is 1. The molecule has 0 radical (unpaired) electrons. The summed E-state index contributed by atoms with van der Waals surface area (Å²) in [5.74, 6) is -1.83. The largest absolute Gasteiger partial charge is 0.481 e. The summed E-state index contributed by atoms with van der Waals surface area (Å²) < 4.78 is 4.99. The fourth-order valence-electron chi connectivity index (χ4n) is 2.27. The predicted molar refractivity (Wildman–Crippen MR) is 55.8 cm³/mol. The topological polar surface area (TPSA) is 78.9 Å². The summed E-state index contributed by atoms with van der Waals surface area (Å²) in [5.41, 5.74) is 0. The van der Waals surface area contributed by atoms with Crippen LogP contribution in [0.3, 0.4) is 0 Å². The minimum atomic E-state index is -0.845. The third-order valence-corrected chi connectivity index (χ3v) is 3.33. The Balaban J connectivity index is 1.87. The summed E-state index contributed by atoms with van der Waals surface area (Å²) in [6.07, 6.45) is 3.31. The molecule has 1 aliphatic carbocycles. The van der Waals surface area contributed by atoms with Crippen molar-refractivity contribution in [3.63, 3.8) is 0 Å². The van der Waals surface area contributed by atoms with E-state index in [0.717, 1.165) is 12.8 Å². The molecule has 1 aliphatic heterocycles. The molecule has 90 valence electrons. The van der Waals surface area contributed by atoms with E-state index in [1.807, 2.05) is 0 Å². The van der Waals surface area contributed by atoms with Crippen LogP contribution in [0.5, 0.6) is 0 Å². The van der Waals surface area contributed by atoms with Crippen molar-refractivity contribution < 1.29 is 19.4 Å². The lowest BCUT2D eigenvalue weighted by molar-refractivity contribution is -0.148. The first-order valence-electron chi connectivity index (χ1n) is 5.80. The van der Waals surface area contributed by atoms with Gasteiger partial charge in [0.1, 0.15) is 0 Å². The fourth-order valence-corrected chi connectivity index (χ4v) is 2.27. The van der Waals surface area contributed by atoms with Crippen molar-refractivity contribution in [1.82, 2.24) is 5.32 Å². The number of epoxide rings is 1. The van der Waals surface area contributed by atoms with Crippen molar-refractivity contribution in [2.75, 3.05) is 13.2 Å². The second-order valence-corrected chi connectivity index (χ2v) is 4.54. The zero-order chi connectivity index (χ0) is 11.5. The van der Waals surface area contributed by atoms with Crippen molar-refractivity contribution in [2.24, 2.45) is 11.8 Å². The minimum absolute atomic E-state index is 0.123. The summed E-state index contributed by atoms with van der Waals surface area (Å²) >= 11 is 0. The standard InChI is InChI=1S/C11H17NO4/c13-10(12-5-7-6-16-7)8-3-1-2-4-9(8)11(14)15/h7-9H,1-6H2,(H,12,13)(H,14,15)/t7-,8+,9-/m1/s1. The van der Waals surface area contributed by atoms with Gasteiger partial charge in [0, 0.05) is 6.54 Å². The number of carboxylic acid groups (broad SMARTS) is 1. The third kappa shape index (κ3) is 2.72. The highest BCUT2D eigenvalue weighted by atomic mass is 16.6. The number of ether oxygens (including phenoxy) is 1. The molecule has 5 nitrogen and oxygen atoms in total. The Morgan fingerprint density at radius 1 is 1.25 bits per heavy atom. The fraction of sp³-hybridized carbons (Fsp3) is 0.818. The molecular weight excluding hydrogens is 210 g/mol. The molecule has 2 fully saturated rings. The molecule has 16 heavy (non-hydrogen) atoms. The summed E-state index contributed by atoms with van der Waals surface area (Å²) in [6, 6.07) is 0. The van der Waals surface area contributed by atoms with Gasteiger partial charge in [-0.3, -0.25) is 9.59 Å². The van der Waals surface area contributed by atoms with E-state index in [1.165, 1.54) is 0 Å². The maximum atomic E-state index is 11.8. The number of carbonyl (C=O) groups excluding carboxylic acids is 1. The lowest BCUT2D eigenvalue weighted by Gasteiger charge is -2.27. The van der Waals surface area contributed by atoms with E-state index >= 15 is 0 Å². The van der Waals surface area contributed by atoms with E-state index in [4.69, 9.17) is 9.84 Å². The summed E-state index contributed by atoms with van der Waals surface area (Å²) in [7, 11) is 0. The van der Waals surface area contributed by atoms with Gasteiger partial charge in [-0.25, -0.2) is 0 Å². The quantitative estimate of drug-likeness (QED) is 0.681. The average Bonchev–Trinajstić information content (AvgIpc) is 3.09. The smallest absolute Gasteiger partial charge is 0.307 e. The second-order valence-electron chi connectivity index (χ2n) is 4.54. The maximum Gasteiger partial charge on any atom is 0.307 e. The molecule has 5 heteroatoms. The van der Waals surface area contributed by atoms with Crippen LogP contribution in [-0.4, -0.2) is 36.2 Å². The molecule has 0 unspecified atom stereocenters. The van der Waals surface area contributed by atoms with Crippen molar-refractivity contribution in [3.05, 3.63) is 0 Å². The third-order valence-electron chi connectivity index (χ3n) is 3.33. The molecule has 2 N–H and O–H groups in total. The number of carbonyl (C=O) groups is 2. The molecular formula is C11H17NO4. The number of carboxylic acids is 1. The van der Waals surface area contributed by atoms with Crippen LogP contribution >= 0.6 is 0 Å². The average molecular weight is 227 g/mol. The molecule has 2 rings (SSSR count). The normalized spacial score (nSPS) is 33.1. The molecule has 1 heterocycles. The highest BCUT2D eigenvalue weighted by Gasteiger charge is 2.36. The van der Waals surface area contributed by atoms with Gasteiger partial charge in [0.05, 0.1) is 24.5 Å². The van der Waals surface area contributed by atoms with E-state index in [1.54, 1.807) is 0 Å². The lowest BCUT2D eigenvalue weighted by Crippen LogP contribution is -2.40. The molecule has 0 aromatic rings. The summed E-state index contributed by atoms with van der Waals surface area (Å²) in [4.78, 5) is 22.8. The number of nitrogens with one attached hydrogen (secondary N) is 1. The Hall–Kier alpha value is -1.10. The van der Waals surface area contributed by atoms with Gasteiger partial charge in [0.25, 0.3) is 0 Å². The molecule has 3 atom stereocenters. The van der Waals surface area contributed by atoms with E-state index in [0.29, 0.717) is 26.0 Å². The van der Waals surface area contributed by atoms with Crippen LogP contribution in [0.1, 0.15) is 25.7 Å². The van der Waals surface area contributed by atoms with Crippen molar-refractivity contribution in [1.29, 1.82) is 0 Å². The second kappa shape index (κ2) is 4.82. The van der Waals surface area contributed by atoms with Gasteiger partial charge in [-0.15, -0.1) is 0 Å². The molecule has 0 bridgehead atoms. The zero-order valence-corrected chi connectivity index (χ0v) is 9.15. The van der Waals surface area contributed by atoms with Crippen molar-refractivity contribution >= 4 is 11.9 Å². The number of rotatable bonds is 4. The van der Waals surface area contributed by atoms with Crippen LogP contribution in [0.2, 0.25) is 0 Å². The van der Waals surface area contributed by atoms with E-state index < -0.39 is 11.9 Å². The van der Waals surface area contributed by atoms with Crippen LogP contribution in [-0.2, 0) is 14.3 Å². The number of hydrogen-bond donors (Lipinski definition) is 2. The van der Waals surface area contributed by atoms with Gasteiger partial charge in [0.2, 0.25) is 5.91 Å². The molecule has 0 aromatic heterocycles. The Kier molecular flexibility index (Phi) is 3.43. The van der Waals surface area contributed by atoms with Crippen LogP contribution < -0.4 is 5.32 Å². The van der Waals surface area contributed by atoms with Gasteiger partial charge in [-0.2, -0.15) is 0 Å². The van der Waals surface area contributed by atoms with Gasteiger partial charge >= 0.3 is 5.97 Å². The Morgan fingerprint density at radius 2 is 1.88 bits per heavy atom. The summed E-state index contributed by atoms with van der Waals surface area (Å²) in [5, 5.41) is 11.8. The first-order chi connectivity index (χ1) is 7.68. The molecule has 2 aliphatic rings. The lowest BCUT2D eigenvalue weighted by atomic mass is 9.79. The van der Waals surface area contributed by atoms with Crippen molar-refractivity contribution in [3.8, 4) is 0 Å². The van der Waals surface area contributed by atoms with E-state index in [2.05, 4.69) is 5.32 Å². The molecule has 1 amide bonds. The van der Waals surface area contributed by atoms with Crippen LogP contribution in [0.4, 0.5) is 0 Å². The number of amides is 1. The van der Waals surface area contributed by atoms with Gasteiger partial charge in [-0.05, 0) is 12.8 Å².